The highest BCUT2D eigenvalue weighted by atomic mass is 35.5. The molecule has 1 aromatic carbocycles. The van der Waals surface area contributed by atoms with Crippen molar-refractivity contribution in [2.75, 3.05) is 26.9 Å². The van der Waals surface area contributed by atoms with Gasteiger partial charge in [0, 0.05) is 35.9 Å². The minimum Gasteiger partial charge on any atom is -0.497 e. The molecule has 1 unspecified atom stereocenters. The van der Waals surface area contributed by atoms with Crippen molar-refractivity contribution in [1.29, 1.82) is 0 Å². The molecule has 3 N–H and O–H groups in total. The van der Waals surface area contributed by atoms with Gasteiger partial charge in [-0.2, -0.15) is 4.98 Å². The van der Waals surface area contributed by atoms with Crippen LogP contribution in [0.3, 0.4) is 0 Å². The predicted molar refractivity (Wildman–Crippen MR) is 134 cm³/mol. The highest BCUT2D eigenvalue weighted by Crippen LogP contribution is 2.34. The van der Waals surface area contributed by atoms with E-state index in [1.165, 1.54) is 0 Å². The van der Waals surface area contributed by atoms with E-state index in [-0.39, 0.29) is 19.0 Å². The van der Waals surface area contributed by atoms with Crippen LogP contribution < -0.4 is 14.8 Å². The lowest BCUT2D eigenvalue weighted by Gasteiger charge is -2.16. The Morgan fingerprint density at radius 2 is 1.94 bits per heavy atom. The number of carbonyl (C=O) groups excluding carboxylic acids is 1. The van der Waals surface area contributed by atoms with E-state index in [2.05, 4.69) is 29.3 Å². The molecule has 0 bridgehead atoms. The van der Waals surface area contributed by atoms with E-state index < -0.39 is 18.6 Å². The maximum Gasteiger partial charge on any atom is 0.276 e. The van der Waals surface area contributed by atoms with Crippen LogP contribution in [0.15, 0.2) is 28.8 Å². The molecule has 194 valence electrons. The molecule has 0 saturated heterocycles. The number of halogens is 1. The van der Waals surface area contributed by atoms with Gasteiger partial charge in [0.1, 0.15) is 36.5 Å². The maximum absolute atomic E-state index is 11.1. The number of aryl methyl sites for hydroxylation is 1. The quantitative estimate of drug-likeness (QED) is 0.328. The number of aliphatic hydroxyl groups is 2. The van der Waals surface area contributed by atoms with Crippen LogP contribution in [0.1, 0.15) is 43.9 Å². The first kappa shape index (κ1) is 27.4. The number of amides is 1. The summed E-state index contributed by atoms with van der Waals surface area (Å²) in [5, 5.41) is 25.5. The van der Waals surface area contributed by atoms with E-state index in [0.717, 1.165) is 18.5 Å². The van der Waals surface area contributed by atoms with Crippen molar-refractivity contribution in [3.05, 3.63) is 40.5 Å². The van der Waals surface area contributed by atoms with E-state index >= 15 is 0 Å². The third-order valence-corrected chi connectivity index (χ3v) is 5.97. The smallest absolute Gasteiger partial charge is 0.276 e. The van der Waals surface area contributed by atoms with Gasteiger partial charge in [0.15, 0.2) is 0 Å². The van der Waals surface area contributed by atoms with Gasteiger partial charge in [-0.25, -0.2) is 4.98 Å². The van der Waals surface area contributed by atoms with Crippen LogP contribution in [-0.2, 0) is 4.79 Å². The number of pyridine rings is 1. The SMILES string of the molecule is CCC(CC)c1cc(OC)cc(-c2nc(-c3cc(C)c(OCC(O)CNC(=O)CO)c(Cl)c3)no2)n1. The van der Waals surface area contributed by atoms with Crippen LogP contribution in [0.2, 0.25) is 5.02 Å². The van der Waals surface area contributed by atoms with Gasteiger partial charge in [-0.1, -0.05) is 30.6 Å². The van der Waals surface area contributed by atoms with Gasteiger partial charge in [-0.15, -0.1) is 0 Å². The monoisotopic (exact) mass is 518 g/mol. The number of nitrogens with one attached hydrogen (secondary N) is 1. The molecule has 11 heteroatoms. The number of aliphatic hydroxyl groups excluding tert-OH is 2. The summed E-state index contributed by atoms with van der Waals surface area (Å²) in [6, 6.07) is 7.13. The summed E-state index contributed by atoms with van der Waals surface area (Å²) in [5.74, 6) is 1.36. The van der Waals surface area contributed by atoms with Gasteiger partial charge in [0.2, 0.25) is 11.7 Å². The molecule has 36 heavy (non-hydrogen) atoms. The zero-order valence-corrected chi connectivity index (χ0v) is 21.5. The first-order chi connectivity index (χ1) is 17.3. The second kappa shape index (κ2) is 12.7. The third-order valence-electron chi connectivity index (χ3n) is 5.69. The van der Waals surface area contributed by atoms with E-state index in [4.69, 9.17) is 35.7 Å². The normalized spacial score (nSPS) is 12.0. The van der Waals surface area contributed by atoms with Gasteiger partial charge in [0.05, 0.1) is 12.1 Å². The molecule has 0 fully saturated rings. The number of hydrogen-bond donors (Lipinski definition) is 3. The zero-order chi connectivity index (χ0) is 26.2. The largest absolute Gasteiger partial charge is 0.497 e. The van der Waals surface area contributed by atoms with Crippen molar-refractivity contribution < 1.29 is 29.0 Å². The lowest BCUT2D eigenvalue weighted by atomic mass is 9.98. The molecule has 1 amide bonds. The van der Waals surface area contributed by atoms with Crippen molar-refractivity contribution in [2.24, 2.45) is 0 Å². The average molecular weight is 519 g/mol. The van der Waals surface area contributed by atoms with Crippen molar-refractivity contribution in [3.63, 3.8) is 0 Å². The van der Waals surface area contributed by atoms with E-state index in [1.807, 2.05) is 6.07 Å². The topological polar surface area (TPSA) is 140 Å². The minimum atomic E-state index is -0.976. The molecular formula is C25H31ClN4O6. The Kier molecular flexibility index (Phi) is 9.63. The maximum atomic E-state index is 11.1. The fourth-order valence-corrected chi connectivity index (χ4v) is 4.00. The van der Waals surface area contributed by atoms with Crippen LogP contribution >= 0.6 is 11.6 Å². The molecular weight excluding hydrogens is 488 g/mol. The Morgan fingerprint density at radius 1 is 1.19 bits per heavy atom. The number of ether oxygens (including phenoxy) is 2. The third kappa shape index (κ3) is 6.71. The summed E-state index contributed by atoms with van der Waals surface area (Å²) in [6.45, 7) is 5.24. The summed E-state index contributed by atoms with van der Waals surface area (Å²) >= 11 is 6.44. The molecule has 0 aliphatic rings. The van der Waals surface area contributed by atoms with Crippen LogP contribution in [0, 0.1) is 6.92 Å². The van der Waals surface area contributed by atoms with Gasteiger partial charge in [-0.05, 0) is 37.5 Å². The Bertz CT molecular complexity index is 1160. The number of hydrogen-bond acceptors (Lipinski definition) is 9. The molecule has 0 aliphatic heterocycles. The highest BCUT2D eigenvalue weighted by Gasteiger charge is 2.19. The van der Waals surface area contributed by atoms with E-state index in [1.54, 1.807) is 32.2 Å². The predicted octanol–water partition coefficient (Wildman–Crippen LogP) is 3.52. The number of rotatable bonds is 12. The zero-order valence-electron chi connectivity index (χ0n) is 20.7. The summed E-state index contributed by atoms with van der Waals surface area (Å²) in [6.07, 6.45) is 0.924. The molecule has 0 aliphatic carbocycles. The molecule has 2 aromatic heterocycles. The minimum absolute atomic E-state index is 0.0585. The molecule has 10 nitrogen and oxygen atoms in total. The molecule has 2 heterocycles. The first-order valence-corrected chi connectivity index (χ1v) is 12.1. The van der Waals surface area contributed by atoms with Crippen molar-refractivity contribution >= 4 is 17.5 Å². The van der Waals surface area contributed by atoms with E-state index in [0.29, 0.717) is 45.1 Å². The van der Waals surface area contributed by atoms with E-state index in [9.17, 15) is 9.90 Å². The van der Waals surface area contributed by atoms with Crippen LogP contribution in [0.4, 0.5) is 0 Å². The molecule has 3 aromatic rings. The standard InChI is InChI=1S/C25H31ClN4O6/c1-5-15(6-2)20-9-18(34-4)10-21(28-20)25-29-24(30-36-25)16-7-14(3)23(19(26)8-16)35-13-17(32)11-27-22(33)12-31/h7-10,15,17,31-32H,5-6,11-13H2,1-4H3,(H,27,33). The van der Waals surface area contributed by atoms with Gasteiger partial charge in [-0.3, -0.25) is 4.79 Å². The Balaban J connectivity index is 1.79. The molecule has 1 atom stereocenters. The Labute approximate surface area is 214 Å². The summed E-state index contributed by atoms with van der Waals surface area (Å²) in [7, 11) is 1.60. The fraction of sp³-hybridized carbons (Fsp3) is 0.440. The summed E-state index contributed by atoms with van der Waals surface area (Å²) in [5.41, 5.74) is 2.76. The van der Waals surface area contributed by atoms with Gasteiger partial charge in [0.25, 0.3) is 5.89 Å². The Hall–Kier alpha value is -3.21. The molecule has 3 rings (SSSR count). The average Bonchev–Trinajstić information content (AvgIpc) is 3.37. The number of aromatic nitrogens is 3. The second-order valence-corrected chi connectivity index (χ2v) is 8.69. The molecule has 0 radical (unpaired) electrons. The van der Waals surface area contributed by atoms with Crippen LogP contribution in [-0.4, -0.2) is 64.2 Å². The van der Waals surface area contributed by atoms with Gasteiger partial charge < -0.3 is 29.5 Å². The number of methoxy groups -OCH3 is 1. The number of carbonyl (C=O) groups is 1. The number of nitrogens with zero attached hydrogens (tertiary/aromatic N) is 3. The Morgan fingerprint density at radius 3 is 2.58 bits per heavy atom. The van der Waals surface area contributed by atoms with Crippen molar-refractivity contribution in [2.45, 2.75) is 45.6 Å². The molecule has 0 saturated carbocycles. The second-order valence-electron chi connectivity index (χ2n) is 8.28. The molecule has 0 spiro atoms. The van der Waals surface area contributed by atoms with Crippen LogP contribution in [0.5, 0.6) is 11.5 Å². The van der Waals surface area contributed by atoms with Crippen molar-refractivity contribution in [3.8, 4) is 34.5 Å². The highest BCUT2D eigenvalue weighted by molar-refractivity contribution is 6.32. The van der Waals surface area contributed by atoms with Gasteiger partial charge >= 0.3 is 0 Å². The number of benzene rings is 1. The van der Waals surface area contributed by atoms with Crippen molar-refractivity contribution in [1.82, 2.24) is 20.4 Å². The lowest BCUT2D eigenvalue weighted by molar-refractivity contribution is -0.124. The first-order valence-electron chi connectivity index (χ1n) is 11.7. The fourth-order valence-electron chi connectivity index (χ4n) is 3.68. The summed E-state index contributed by atoms with van der Waals surface area (Å²) < 4.78 is 16.6. The summed E-state index contributed by atoms with van der Waals surface area (Å²) in [4.78, 5) is 20.4. The van der Waals surface area contributed by atoms with Crippen LogP contribution in [0.25, 0.3) is 23.0 Å². The lowest BCUT2D eigenvalue weighted by Crippen LogP contribution is -2.36.